The first kappa shape index (κ1) is 24.4. The van der Waals surface area contributed by atoms with Gasteiger partial charge < -0.3 is 9.30 Å². The fourth-order valence-corrected chi connectivity index (χ4v) is 5.15. The highest BCUT2D eigenvalue weighted by molar-refractivity contribution is 8.18. The van der Waals surface area contributed by atoms with Crippen LogP contribution in [-0.4, -0.2) is 33.8 Å². The number of para-hydroxylation sites is 1. The Morgan fingerprint density at radius 1 is 0.972 bits per heavy atom. The average molecular weight is 541 g/mol. The third-order valence-electron chi connectivity index (χ3n) is 5.71. The molecule has 0 saturated carbocycles. The van der Waals surface area contributed by atoms with Gasteiger partial charge in [-0.05, 0) is 65.9 Å². The maximum Gasteiger partial charge on any atom is 0.293 e. The van der Waals surface area contributed by atoms with Gasteiger partial charge in [-0.3, -0.25) is 14.5 Å². The maximum absolute atomic E-state index is 13.0. The van der Waals surface area contributed by atoms with Gasteiger partial charge in [0.05, 0.1) is 21.5 Å². The Morgan fingerprint density at radius 2 is 1.75 bits per heavy atom. The molecule has 5 rings (SSSR count). The van der Waals surface area contributed by atoms with E-state index in [2.05, 4.69) is 4.57 Å². The molecule has 1 saturated heterocycles. The van der Waals surface area contributed by atoms with Crippen LogP contribution in [-0.2, 0) is 11.3 Å². The normalized spacial score (nSPS) is 14.9. The zero-order valence-electron chi connectivity index (χ0n) is 18.8. The third kappa shape index (κ3) is 5.14. The lowest BCUT2D eigenvalue weighted by Gasteiger charge is -2.13. The van der Waals surface area contributed by atoms with Gasteiger partial charge in [-0.1, -0.05) is 47.5 Å². The highest BCUT2D eigenvalue weighted by Crippen LogP contribution is 2.34. The largest absolute Gasteiger partial charge is 0.492 e. The molecule has 4 aromatic rings. The van der Waals surface area contributed by atoms with Crippen LogP contribution in [0.1, 0.15) is 11.1 Å². The summed E-state index contributed by atoms with van der Waals surface area (Å²) < 4.78 is 20.7. The monoisotopic (exact) mass is 540 g/mol. The minimum absolute atomic E-state index is 0.0957. The summed E-state index contributed by atoms with van der Waals surface area (Å²) >= 11 is 13.1. The minimum atomic E-state index is -0.367. The van der Waals surface area contributed by atoms with E-state index < -0.39 is 0 Å². The standard InChI is InChI=1S/C27H19Cl2FN2O3S/c28-22-10-5-17(13-23(22)29)15-31-16-18(21-3-1-2-4-24(21)31)14-25-26(33)32(27(34)36-25)11-12-35-20-8-6-19(30)7-9-20/h1-10,13-14,16H,11-12,15H2/b25-14-. The summed E-state index contributed by atoms with van der Waals surface area (Å²) in [5.74, 6) is -0.264. The number of nitrogens with zero attached hydrogens (tertiary/aromatic N) is 2. The van der Waals surface area contributed by atoms with Crippen molar-refractivity contribution in [2.75, 3.05) is 13.2 Å². The van der Waals surface area contributed by atoms with Gasteiger partial charge in [0.25, 0.3) is 11.1 Å². The Morgan fingerprint density at radius 3 is 2.53 bits per heavy atom. The number of hydrogen-bond acceptors (Lipinski definition) is 4. The SMILES string of the molecule is O=C1S/C(=C\c2cn(Cc3ccc(Cl)c(Cl)c3)c3ccccc23)C(=O)N1CCOc1ccc(F)cc1. The fraction of sp³-hybridized carbons (Fsp3) is 0.111. The fourth-order valence-electron chi connectivity index (χ4n) is 3.98. The molecule has 0 spiro atoms. The Balaban J connectivity index is 1.35. The highest BCUT2D eigenvalue weighted by Gasteiger charge is 2.35. The number of rotatable bonds is 7. The van der Waals surface area contributed by atoms with E-state index in [-0.39, 0.29) is 30.1 Å². The van der Waals surface area contributed by atoms with Crippen LogP contribution in [0.25, 0.3) is 17.0 Å². The van der Waals surface area contributed by atoms with Gasteiger partial charge in [-0.2, -0.15) is 0 Å². The summed E-state index contributed by atoms with van der Waals surface area (Å²) in [6.07, 6.45) is 3.71. The molecule has 5 nitrogen and oxygen atoms in total. The van der Waals surface area contributed by atoms with Gasteiger partial charge >= 0.3 is 0 Å². The molecule has 182 valence electrons. The van der Waals surface area contributed by atoms with Crippen LogP contribution in [0, 0.1) is 5.82 Å². The van der Waals surface area contributed by atoms with Crippen molar-refractivity contribution in [1.29, 1.82) is 0 Å². The van der Waals surface area contributed by atoms with Crippen molar-refractivity contribution in [1.82, 2.24) is 9.47 Å². The predicted molar refractivity (Wildman–Crippen MR) is 142 cm³/mol. The van der Waals surface area contributed by atoms with E-state index in [9.17, 15) is 14.0 Å². The van der Waals surface area contributed by atoms with Crippen LogP contribution in [0.15, 0.2) is 77.8 Å². The first-order valence-corrected chi connectivity index (χ1v) is 12.6. The Kier molecular flexibility index (Phi) is 7.05. The van der Waals surface area contributed by atoms with Gasteiger partial charge in [0, 0.05) is 29.2 Å². The van der Waals surface area contributed by atoms with Gasteiger partial charge in [0.1, 0.15) is 18.2 Å². The number of carbonyl (C=O) groups is 2. The maximum atomic E-state index is 13.0. The second-order valence-corrected chi connectivity index (χ2v) is 9.92. The van der Waals surface area contributed by atoms with Gasteiger partial charge in [-0.25, -0.2) is 4.39 Å². The van der Waals surface area contributed by atoms with Gasteiger partial charge in [0.15, 0.2) is 0 Å². The molecule has 1 aromatic heterocycles. The molecule has 9 heteroatoms. The zero-order valence-corrected chi connectivity index (χ0v) is 21.1. The molecule has 0 N–H and O–H groups in total. The number of benzene rings is 3. The van der Waals surface area contributed by atoms with Crippen molar-refractivity contribution in [3.8, 4) is 5.75 Å². The molecular formula is C27H19Cl2FN2O3S. The summed E-state index contributed by atoms with van der Waals surface area (Å²) in [4.78, 5) is 27.0. The molecule has 2 heterocycles. The van der Waals surface area contributed by atoms with Crippen LogP contribution in [0.3, 0.4) is 0 Å². The average Bonchev–Trinajstić information content (AvgIpc) is 3.34. The molecule has 36 heavy (non-hydrogen) atoms. The Bertz CT molecular complexity index is 1500. The van der Waals surface area contributed by atoms with Crippen LogP contribution in [0.5, 0.6) is 5.75 Å². The number of hydrogen-bond donors (Lipinski definition) is 0. The van der Waals surface area contributed by atoms with Crippen molar-refractivity contribution < 1.29 is 18.7 Å². The van der Waals surface area contributed by atoms with Crippen molar-refractivity contribution in [3.63, 3.8) is 0 Å². The van der Waals surface area contributed by atoms with E-state index >= 15 is 0 Å². The van der Waals surface area contributed by atoms with E-state index in [1.807, 2.05) is 42.6 Å². The topological polar surface area (TPSA) is 51.5 Å². The molecule has 3 aromatic carbocycles. The third-order valence-corrected chi connectivity index (χ3v) is 7.36. The van der Waals surface area contributed by atoms with E-state index in [1.165, 1.54) is 24.3 Å². The number of halogens is 3. The number of aromatic nitrogens is 1. The number of imide groups is 1. The van der Waals surface area contributed by atoms with Crippen molar-refractivity contribution >= 4 is 63.1 Å². The molecule has 2 amide bonds. The number of thioether (sulfide) groups is 1. The highest BCUT2D eigenvalue weighted by atomic mass is 35.5. The smallest absolute Gasteiger partial charge is 0.293 e. The van der Waals surface area contributed by atoms with E-state index in [1.54, 1.807) is 12.1 Å². The molecule has 0 atom stereocenters. The Hall–Kier alpha value is -3.26. The molecule has 0 bridgehead atoms. The van der Waals surface area contributed by atoms with E-state index in [0.29, 0.717) is 27.2 Å². The zero-order chi connectivity index (χ0) is 25.2. The second-order valence-electron chi connectivity index (χ2n) is 8.11. The lowest BCUT2D eigenvalue weighted by atomic mass is 10.1. The summed E-state index contributed by atoms with van der Waals surface area (Å²) in [7, 11) is 0. The van der Waals surface area contributed by atoms with E-state index in [0.717, 1.165) is 38.7 Å². The molecule has 0 unspecified atom stereocenters. The number of ether oxygens (including phenoxy) is 1. The van der Waals surface area contributed by atoms with Crippen LogP contribution >= 0.6 is 35.0 Å². The van der Waals surface area contributed by atoms with Crippen LogP contribution in [0.4, 0.5) is 9.18 Å². The lowest BCUT2D eigenvalue weighted by Crippen LogP contribution is -2.32. The predicted octanol–water partition coefficient (Wildman–Crippen LogP) is 7.25. The number of carbonyl (C=O) groups excluding carboxylic acids is 2. The number of fused-ring (bicyclic) bond motifs is 1. The van der Waals surface area contributed by atoms with E-state index in [4.69, 9.17) is 27.9 Å². The second kappa shape index (κ2) is 10.4. The number of amides is 2. The molecule has 1 fully saturated rings. The van der Waals surface area contributed by atoms with Crippen molar-refractivity contribution in [2.45, 2.75) is 6.54 Å². The molecule has 0 radical (unpaired) electrons. The molecule has 1 aliphatic heterocycles. The van der Waals surface area contributed by atoms with Crippen LogP contribution in [0.2, 0.25) is 10.0 Å². The van der Waals surface area contributed by atoms with Crippen LogP contribution < -0.4 is 4.74 Å². The van der Waals surface area contributed by atoms with Crippen molar-refractivity contribution in [3.05, 3.63) is 105 Å². The summed E-state index contributed by atoms with van der Waals surface area (Å²) in [6.45, 7) is 0.770. The van der Waals surface area contributed by atoms with Gasteiger partial charge in [0.2, 0.25) is 0 Å². The summed E-state index contributed by atoms with van der Waals surface area (Å²) in [6, 6.07) is 18.9. The molecule has 1 aliphatic rings. The van der Waals surface area contributed by atoms with Crippen molar-refractivity contribution in [2.24, 2.45) is 0 Å². The first-order chi connectivity index (χ1) is 17.4. The molecular weight excluding hydrogens is 522 g/mol. The minimum Gasteiger partial charge on any atom is -0.492 e. The lowest BCUT2D eigenvalue weighted by molar-refractivity contribution is -0.123. The quantitative estimate of drug-likeness (QED) is 0.231. The summed E-state index contributed by atoms with van der Waals surface area (Å²) in [5, 5.41) is 1.60. The first-order valence-electron chi connectivity index (χ1n) is 11.0. The Labute approximate surface area is 221 Å². The summed E-state index contributed by atoms with van der Waals surface area (Å²) in [5.41, 5.74) is 2.80. The van der Waals surface area contributed by atoms with Gasteiger partial charge in [-0.15, -0.1) is 0 Å². The molecule has 0 aliphatic carbocycles.